The molecule has 3 heteroatoms. The lowest BCUT2D eigenvalue weighted by molar-refractivity contribution is 0.352. The van der Waals surface area contributed by atoms with Crippen molar-refractivity contribution in [2.75, 3.05) is 0 Å². The molecule has 0 saturated heterocycles. The summed E-state index contributed by atoms with van der Waals surface area (Å²) in [5.41, 5.74) is 0.698. The van der Waals surface area contributed by atoms with Gasteiger partial charge in [0.05, 0.1) is 0 Å². The first kappa shape index (κ1) is 12.7. The fraction of sp³-hybridized carbons (Fsp3) is 0.538. The average Bonchev–Trinajstić information content (AvgIpc) is 2.27. The summed E-state index contributed by atoms with van der Waals surface area (Å²) in [6, 6.07) is 3.09. The van der Waals surface area contributed by atoms with Crippen molar-refractivity contribution < 1.29 is 15.3 Å². The Balaban J connectivity index is 3.09. The third kappa shape index (κ3) is 2.23. The zero-order valence-electron chi connectivity index (χ0n) is 10.1. The molecule has 0 bridgehead atoms. The van der Waals surface area contributed by atoms with Gasteiger partial charge in [-0.25, -0.2) is 0 Å². The first-order valence-electron chi connectivity index (χ1n) is 5.76. The van der Waals surface area contributed by atoms with Crippen LogP contribution < -0.4 is 0 Å². The van der Waals surface area contributed by atoms with E-state index in [4.69, 9.17) is 0 Å². The summed E-state index contributed by atoms with van der Waals surface area (Å²) < 4.78 is 0. The summed E-state index contributed by atoms with van der Waals surface area (Å²) in [5.74, 6) is -0.260. The Hall–Kier alpha value is -1.38. The molecule has 0 aliphatic carbocycles. The van der Waals surface area contributed by atoms with Gasteiger partial charge in [0, 0.05) is 5.56 Å². The Morgan fingerprint density at radius 1 is 1.00 bits per heavy atom. The molecule has 1 unspecified atom stereocenters. The molecule has 0 fully saturated rings. The molecule has 0 aliphatic heterocycles. The molecule has 3 nitrogen and oxygen atoms in total. The molecule has 0 radical (unpaired) electrons. The third-order valence-corrected chi connectivity index (χ3v) is 3.41. The predicted molar refractivity (Wildman–Crippen MR) is 63.9 cm³/mol. The number of aromatic hydroxyl groups is 3. The SMILES string of the molecule is CCC(CC)C(C)c1ccc(O)c(O)c1O. The van der Waals surface area contributed by atoms with E-state index >= 15 is 0 Å². The molecule has 1 rings (SSSR count). The lowest BCUT2D eigenvalue weighted by Crippen LogP contribution is -2.08. The number of rotatable bonds is 4. The second-order valence-corrected chi connectivity index (χ2v) is 4.24. The maximum Gasteiger partial charge on any atom is 0.200 e. The molecule has 1 aromatic carbocycles. The van der Waals surface area contributed by atoms with E-state index in [0.717, 1.165) is 12.8 Å². The smallest absolute Gasteiger partial charge is 0.200 e. The second-order valence-electron chi connectivity index (χ2n) is 4.24. The number of phenols is 3. The average molecular weight is 224 g/mol. The minimum atomic E-state index is -0.421. The Kier molecular flexibility index (Phi) is 4.05. The fourth-order valence-corrected chi connectivity index (χ4v) is 2.20. The molecule has 1 atom stereocenters. The van der Waals surface area contributed by atoms with Crippen LogP contribution in [0.25, 0.3) is 0 Å². The van der Waals surface area contributed by atoms with Crippen LogP contribution in [0.3, 0.4) is 0 Å². The van der Waals surface area contributed by atoms with Gasteiger partial charge < -0.3 is 15.3 Å². The van der Waals surface area contributed by atoms with Gasteiger partial charge in [0.25, 0.3) is 0 Å². The van der Waals surface area contributed by atoms with Crippen molar-refractivity contribution in [2.45, 2.75) is 39.5 Å². The highest BCUT2D eigenvalue weighted by Gasteiger charge is 2.21. The number of phenolic OH excluding ortho intramolecular Hbond substituents is 3. The highest BCUT2D eigenvalue weighted by Crippen LogP contribution is 2.43. The molecule has 0 aliphatic rings. The second kappa shape index (κ2) is 5.10. The topological polar surface area (TPSA) is 60.7 Å². The molecule has 16 heavy (non-hydrogen) atoms. The van der Waals surface area contributed by atoms with Gasteiger partial charge in [0.2, 0.25) is 5.75 Å². The highest BCUT2D eigenvalue weighted by molar-refractivity contribution is 5.54. The minimum Gasteiger partial charge on any atom is -0.504 e. The van der Waals surface area contributed by atoms with Gasteiger partial charge in [0.15, 0.2) is 11.5 Å². The fourth-order valence-electron chi connectivity index (χ4n) is 2.20. The van der Waals surface area contributed by atoms with Crippen LogP contribution in [0, 0.1) is 5.92 Å². The van der Waals surface area contributed by atoms with E-state index in [1.165, 1.54) is 6.07 Å². The van der Waals surface area contributed by atoms with Crippen molar-refractivity contribution in [3.8, 4) is 17.2 Å². The van der Waals surface area contributed by atoms with E-state index in [1.807, 2.05) is 6.92 Å². The summed E-state index contributed by atoms with van der Waals surface area (Å²) in [4.78, 5) is 0. The summed E-state index contributed by atoms with van der Waals surface area (Å²) >= 11 is 0. The van der Waals surface area contributed by atoms with Crippen LogP contribution in [-0.2, 0) is 0 Å². The van der Waals surface area contributed by atoms with Crippen LogP contribution in [0.1, 0.15) is 45.1 Å². The normalized spacial score (nSPS) is 13.0. The largest absolute Gasteiger partial charge is 0.504 e. The molecule has 0 aromatic heterocycles. The predicted octanol–water partition coefficient (Wildman–Crippen LogP) is 3.34. The van der Waals surface area contributed by atoms with E-state index in [1.54, 1.807) is 6.07 Å². The van der Waals surface area contributed by atoms with Crippen LogP contribution in [0.5, 0.6) is 17.2 Å². The van der Waals surface area contributed by atoms with Crippen LogP contribution in [0.2, 0.25) is 0 Å². The van der Waals surface area contributed by atoms with Crippen molar-refractivity contribution in [2.24, 2.45) is 5.92 Å². The van der Waals surface area contributed by atoms with Crippen LogP contribution in [0.15, 0.2) is 12.1 Å². The zero-order valence-corrected chi connectivity index (χ0v) is 10.1. The Labute approximate surface area is 96.4 Å². The maximum absolute atomic E-state index is 9.78. The summed E-state index contributed by atoms with van der Waals surface area (Å²) in [7, 11) is 0. The molecule has 0 heterocycles. The monoisotopic (exact) mass is 224 g/mol. The van der Waals surface area contributed by atoms with Gasteiger partial charge in [-0.05, 0) is 17.9 Å². The van der Waals surface area contributed by atoms with E-state index in [9.17, 15) is 15.3 Å². The first-order valence-corrected chi connectivity index (χ1v) is 5.76. The Morgan fingerprint density at radius 2 is 1.56 bits per heavy atom. The standard InChI is InChI=1S/C13H20O3/c1-4-9(5-2)8(3)10-6-7-11(14)13(16)12(10)15/h6-9,14-16H,4-5H2,1-3H3. The number of hydrogen-bond donors (Lipinski definition) is 3. The molecule has 90 valence electrons. The Morgan fingerprint density at radius 3 is 2.06 bits per heavy atom. The van der Waals surface area contributed by atoms with Crippen LogP contribution in [-0.4, -0.2) is 15.3 Å². The molecular weight excluding hydrogens is 204 g/mol. The molecule has 1 aromatic rings. The molecular formula is C13H20O3. The van der Waals surface area contributed by atoms with E-state index in [0.29, 0.717) is 11.5 Å². The van der Waals surface area contributed by atoms with Gasteiger partial charge in [-0.15, -0.1) is 0 Å². The number of hydrogen-bond acceptors (Lipinski definition) is 3. The van der Waals surface area contributed by atoms with Gasteiger partial charge in [-0.3, -0.25) is 0 Å². The van der Waals surface area contributed by atoms with E-state index in [2.05, 4.69) is 13.8 Å². The third-order valence-electron chi connectivity index (χ3n) is 3.41. The van der Waals surface area contributed by atoms with E-state index < -0.39 is 5.75 Å². The Bertz CT molecular complexity index is 356. The molecule has 0 saturated carbocycles. The van der Waals surface area contributed by atoms with Crippen molar-refractivity contribution in [3.05, 3.63) is 17.7 Å². The van der Waals surface area contributed by atoms with Crippen molar-refractivity contribution >= 4 is 0 Å². The van der Waals surface area contributed by atoms with Gasteiger partial charge in [-0.2, -0.15) is 0 Å². The van der Waals surface area contributed by atoms with Gasteiger partial charge >= 0.3 is 0 Å². The van der Waals surface area contributed by atoms with Crippen molar-refractivity contribution in [1.82, 2.24) is 0 Å². The lowest BCUT2D eigenvalue weighted by atomic mass is 9.83. The first-order chi connectivity index (χ1) is 7.52. The van der Waals surface area contributed by atoms with Crippen LogP contribution in [0.4, 0.5) is 0 Å². The van der Waals surface area contributed by atoms with Crippen molar-refractivity contribution in [3.63, 3.8) is 0 Å². The van der Waals surface area contributed by atoms with Crippen molar-refractivity contribution in [1.29, 1.82) is 0 Å². The maximum atomic E-state index is 9.78. The summed E-state index contributed by atoms with van der Waals surface area (Å²) in [5, 5.41) is 28.5. The van der Waals surface area contributed by atoms with Gasteiger partial charge in [-0.1, -0.05) is 39.7 Å². The van der Waals surface area contributed by atoms with E-state index in [-0.39, 0.29) is 17.4 Å². The molecule has 0 spiro atoms. The summed E-state index contributed by atoms with van der Waals surface area (Å²) in [6.45, 7) is 6.26. The highest BCUT2D eigenvalue weighted by atomic mass is 16.3. The van der Waals surface area contributed by atoms with Crippen LogP contribution >= 0.6 is 0 Å². The van der Waals surface area contributed by atoms with Gasteiger partial charge in [0.1, 0.15) is 0 Å². The molecule has 0 amide bonds. The molecule has 3 N–H and O–H groups in total. The zero-order chi connectivity index (χ0) is 12.3. The summed E-state index contributed by atoms with van der Waals surface area (Å²) in [6.07, 6.45) is 2.05. The minimum absolute atomic E-state index is 0.168. The quantitative estimate of drug-likeness (QED) is 0.687. The number of benzene rings is 1. The lowest BCUT2D eigenvalue weighted by Gasteiger charge is -2.22.